The molecule has 5 nitrogen and oxygen atoms in total. The van der Waals surface area contributed by atoms with Gasteiger partial charge in [-0.15, -0.1) is 0 Å². The summed E-state index contributed by atoms with van der Waals surface area (Å²) in [5, 5.41) is 23.9. The third-order valence-corrected chi connectivity index (χ3v) is 12.7. The standard InChI is InChI=1S/C35H45F5O5/c1-28(2)17-44-32(45-18-28)13-10-26-27-23(9-12-31(26,41)16-32)25-11-14-33(42,34(36,37)35(38,39)40)30(25,4)15-24(27)21-5-7-22(8-6-21)29(3)19-43-20-29/h5-8,23-25,41-42H,9-20H2,1-4H3/t23-,24+,25-,30-,31+,33-/m0/s1. The molecule has 10 heteroatoms. The van der Waals surface area contributed by atoms with Gasteiger partial charge in [-0.25, -0.2) is 0 Å². The Hall–Kier alpha value is -1.59. The highest BCUT2D eigenvalue weighted by atomic mass is 19.4. The molecule has 0 aromatic heterocycles. The lowest BCUT2D eigenvalue weighted by Gasteiger charge is -2.59. The highest BCUT2D eigenvalue weighted by Gasteiger charge is 2.79. The van der Waals surface area contributed by atoms with Crippen molar-refractivity contribution in [1.82, 2.24) is 0 Å². The van der Waals surface area contributed by atoms with Crippen molar-refractivity contribution in [2.75, 3.05) is 26.4 Å². The summed E-state index contributed by atoms with van der Waals surface area (Å²) in [6.07, 6.45) is -4.50. The molecule has 5 fully saturated rings. The predicted octanol–water partition coefficient (Wildman–Crippen LogP) is 7.20. The van der Waals surface area contributed by atoms with E-state index in [2.05, 4.69) is 20.8 Å². The Bertz CT molecular complexity index is 1370. The first-order valence-electron chi connectivity index (χ1n) is 16.4. The van der Waals surface area contributed by atoms with Crippen LogP contribution in [0.1, 0.15) is 96.1 Å². The molecule has 6 atom stereocenters. The van der Waals surface area contributed by atoms with Crippen LogP contribution in [0.15, 0.2) is 35.4 Å². The van der Waals surface area contributed by atoms with Crippen molar-refractivity contribution in [1.29, 1.82) is 0 Å². The number of ether oxygens (including phenoxy) is 3. The monoisotopic (exact) mass is 640 g/mol. The Labute approximate surface area is 261 Å². The molecule has 7 rings (SSSR count). The molecule has 2 aliphatic heterocycles. The number of allylic oxidation sites excluding steroid dienone is 1. The second kappa shape index (κ2) is 9.74. The fraction of sp³-hybridized carbons (Fsp3) is 0.771. The number of hydrogen-bond donors (Lipinski definition) is 2. The fourth-order valence-electron chi connectivity index (χ4n) is 10.00. The largest absolute Gasteiger partial charge is 0.456 e. The molecule has 0 amide bonds. The summed E-state index contributed by atoms with van der Waals surface area (Å²) in [5.41, 5.74) is -2.77. The predicted molar refractivity (Wildman–Crippen MR) is 156 cm³/mol. The minimum absolute atomic E-state index is 0.0633. The normalized spacial score (nSPS) is 40.4. The second-order valence-corrected chi connectivity index (χ2v) is 16.4. The molecule has 0 radical (unpaired) electrons. The molecule has 45 heavy (non-hydrogen) atoms. The molecule has 2 saturated heterocycles. The molecule has 1 aromatic rings. The minimum atomic E-state index is -5.88. The van der Waals surface area contributed by atoms with E-state index in [4.69, 9.17) is 14.2 Å². The highest BCUT2D eigenvalue weighted by Crippen LogP contribution is 2.71. The van der Waals surface area contributed by atoms with E-state index in [0.29, 0.717) is 52.1 Å². The molecule has 0 bridgehead atoms. The quantitative estimate of drug-likeness (QED) is 0.270. The zero-order valence-electron chi connectivity index (χ0n) is 26.5. The van der Waals surface area contributed by atoms with Gasteiger partial charge in [-0.2, -0.15) is 22.0 Å². The summed E-state index contributed by atoms with van der Waals surface area (Å²) < 4.78 is 90.4. The van der Waals surface area contributed by atoms with Crippen LogP contribution in [-0.2, 0) is 19.6 Å². The van der Waals surface area contributed by atoms with Crippen molar-refractivity contribution in [2.24, 2.45) is 22.7 Å². The molecule has 2 heterocycles. The molecule has 3 saturated carbocycles. The van der Waals surface area contributed by atoms with Gasteiger partial charge in [0.25, 0.3) is 0 Å². The van der Waals surface area contributed by atoms with Crippen LogP contribution in [0, 0.1) is 22.7 Å². The number of hydrogen-bond acceptors (Lipinski definition) is 5. The molecule has 1 spiro atoms. The van der Waals surface area contributed by atoms with Gasteiger partial charge in [0.1, 0.15) is 5.60 Å². The van der Waals surface area contributed by atoms with E-state index in [1.165, 1.54) is 6.92 Å². The summed E-state index contributed by atoms with van der Waals surface area (Å²) in [5.74, 6) is -7.63. The van der Waals surface area contributed by atoms with E-state index in [0.717, 1.165) is 22.3 Å². The average molecular weight is 641 g/mol. The van der Waals surface area contributed by atoms with E-state index < -0.39 is 52.8 Å². The number of benzene rings is 1. The number of rotatable bonds is 3. The van der Waals surface area contributed by atoms with Gasteiger partial charge in [-0.05, 0) is 67.1 Å². The average Bonchev–Trinajstić information content (AvgIpc) is 3.23. The maximum Gasteiger partial charge on any atom is 0.456 e. The zero-order valence-corrected chi connectivity index (χ0v) is 26.5. The first-order chi connectivity index (χ1) is 20.8. The molecule has 250 valence electrons. The molecule has 1 aromatic carbocycles. The second-order valence-electron chi connectivity index (χ2n) is 16.4. The first kappa shape index (κ1) is 32.0. The van der Waals surface area contributed by atoms with Gasteiger partial charge in [0.05, 0.1) is 32.0 Å². The van der Waals surface area contributed by atoms with Crippen LogP contribution in [0.25, 0.3) is 0 Å². The van der Waals surface area contributed by atoms with Crippen molar-refractivity contribution < 1.29 is 46.4 Å². The number of alkyl halides is 5. The molecular formula is C35H45F5O5. The Kier molecular flexibility index (Phi) is 6.92. The summed E-state index contributed by atoms with van der Waals surface area (Å²) in [7, 11) is 0. The third kappa shape index (κ3) is 4.47. The fourth-order valence-corrected chi connectivity index (χ4v) is 10.00. The van der Waals surface area contributed by atoms with Gasteiger partial charge in [-0.3, -0.25) is 0 Å². The van der Waals surface area contributed by atoms with Gasteiger partial charge >= 0.3 is 12.1 Å². The molecule has 0 unspecified atom stereocenters. The zero-order chi connectivity index (χ0) is 32.5. The summed E-state index contributed by atoms with van der Waals surface area (Å²) >= 11 is 0. The summed E-state index contributed by atoms with van der Waals surface area (Å²) in [6, 6.07) is 7.88. The van der Waals surface area contributed by atoms with Crippen molar-refractivity contribution in [3.63, 3.8) is 0 Å². The van der Waals surface area contributed by atoms with Crippen molar-refractivity contribution >= 4 is 0 Å². The Morgan fingerprint density at radius 2 is 1.47 bits per heavy atom. The van der Waals surface area contributed by atoms with E-state index >= 15 is 8.78 Å². The lowest BCUT2D eigenvalue weighted by molar-refractivity contribution is -0.362. The van der Waals surface area contributed by atoms with Crippen LogP contribution in [0.5, 0.6) is 0 Å². The number of fused-ring (bicyclic) bond motifs is 4. The number of aliphatic hydroxyl groups is 2. The Morgan fingerprint density at radius 3 is 2.04 bits per heavy atom. The molecule has 2 N–H and O–H groups in total. The lowest BCUT2D eigenvalue weighted by atomic mass is 9.49. The lowest BCUT2D eigenvalue weighted by Crippen LogP contribution is -2.65. The van der Waals surface area contributed by atoms with E-state index in [1.54, 1.807) is 0 Å². The maximum atomic E-state index is 15.3. The van der Waals surface area contributed by atoms with Gasteiger partial charge in [0.2, 0.25) is 0 Å². The minimum Gasteiger partial charge on any atom is -0.385 e. The van der Waals surface area contributed by atoms with Crippen molar-refractivity contribution in [3.05, 3.63) is 46.5 Å². The number of halogens is 5. The van der Waals surface area contributed by atoms with Crippen molar-refractivity contribution in [3.8, 4) is 0 Å². The van der Waals surface area contributed by atoms with Crippen LogP contribution in [0.2, 0.25) is 0 Å². The molecule has 4 aliphatic carbocycles. The van der Waals surface area contributed by atoms with Gasteiger partial charge in [-0.1, -0.05) is 57.5 Å². The Morgan fingerprint density at radius 1 is 0.822 bits per heavy atom. The Balaban J connectivity index is 1.32. The van der Waals surface area contributed by atoms with Gasteiger partial charge in [0, 0.05) is 35.0 Å². The molecule has 6 aliphatic rings. The SMILES string of the molecule is CC1(C)COC2(CCC3=C4[C@@H](CC[C@@]3(O)C2)[C@@H]2CC[C@@](O)(C(F)(F)C(F)(F)F)[C@@]2(C)C[C@@H]4c2ccc(C3(C)COC3)cc2)OC1. The van der Waals surface area contributed by atoms with Crippen LogP contribution in [-0.4, -0.2) is 65.7 Å². The van der Waals surface area contributed by atoms with Crippen LogP contribution in [0.3, 0.4) is 0 Å². The van der Waals surface area contributed by atoms with Crippen LogP contribution in [0.4, 0.5) is 22.0 Å². The third-order valence-electron chi connectivity index (χ3n) is 12.7. The molecular weight excluding hydrogens is 595 g/mol. The summed E-state index contributed by atoms with van der Waals surface area (Å²) in [6.45, 7) is 9.85. The van der Waals surface area contributed by atoms with Gasteiger partial charge in [0.15, 0.2) is 5.79 Å². The smallest absolute Gasteiger partial charge is 0.385 e. The van der Waals surface area contributed by atoms with Crippen LogP contribution < -0.4 is 0 Å². The first-order valence-corrected chi connectivity index (χ1v) is 16.4. The topological polar surface area (TPSA) is 68.2 Å². The maximum absolute atomic E-state index is 15.3. The van der Waals surface area contributed by atoms with Crippen LogP contribution >= 0.6 is 0 Å². The highest BCUT2D eigenvalue weighted by molar-refractivity contribution is 5.45. The van der Waals surface area contributed by atoms with Crippen molar-refractivity contribution in [2.45, 2.75) is 119 Å². The van der Waals surface area contributed by atoms with Gasteiger partial charge < -0.3 is 24.4 Å². The van der Waals surface area contributed by atoms with E-state index in [1.807, 2.05) is 24.3 Å². The van der Waals surface area contributed by atoms with E-state index in [9.17, 15) is 23.4 Å². The summed E-state index contributed by atoms with van der Waals surface area (Å²) in [4.78, 5) is 0. The van der Waals surface area contributed by atoms with E-state index in [-0.39, 0.29) is 36.0 Å².